The molecule has 0 amide bonds. The van der Waals surface area contributed by atoms with Crippen molar-refractivity contribution in [2.45, 2.75) is 19.9 Å². The van der Waals surface area contributed by atoms with Gasteiger partial charge in [0, 0.05) is 31.1 Å². The van der Waals surface area contributed by atoms with Crippen LogP contribution >= 0.6 is 0 Å². The molecule has 0 saturated heterocycles. The maximum absolute atomic E-state index is 11.6. The van der Waals surface area contributed by atoms with Crippen LogP contribution in [0.1, 0.15) is 24.2 Å². The third-order valence-electron chi connectivity index (χ3n) is 2.93. The first-order valence-corrected chi connectivity index (χ1v) is 6.24. The number of carbonyl (C=O) groups is 1. The molecular weight excluding hydrogens is 244 g/mol. The molecule has 19 heavy (non-hydrogen) atoms. The monoisotopic (exact) mass is 266 g/mol. The second-order valence-electron chi connectivity index (χ2n) is 4.54. The molecule has 0 aliphatic rings. The van der Waals surface area contributed by atoms with E-state index in [4.69, 9.17) is 15.2 Å². The summed E-state index contributed by atoms with van der Waals surface area (Å²) in [6.45, 7) is 5.54. The van der Waals surface area contributed by atoms with E-state index < -0.39 is 5.97 Å². The Kier molecular flexibility index (Phi) is 5.63. The fourth-order valence-electron chi connectivity index (χ4n) is 1.88. The van der Waals surface area contributed by atoms with Crippen LogP contribution in [-0.2, 0) is 9.47 Å². The number of benzene rings is 1. The molecule has 0 unspecified atom stereocenters. The lowest BCUT2D eigenvalue weighted by Crippen LogP contribution is -2.34. The van der Waals surface area contributed by atoms with E-state index in [1.165, 1.54) is 7.11 Å². The minimum atomic E-state index is -0.421. The number of nitrogens with zero attached hydrogens (tertiary/aromatic N) is 1. The Balaban J connectivity index is 3.07. The Morgan fingerprint density at radius 2 is 2.05 bits per heavy atom. The highest BCUT2D eigenvalue weighted by Crippen LogP contribution is 2.23. The summed E-state index contributed by atoms with van der Waals surface area (Å²) < 4.78 is 9.84. The van der Waals surface area contributed by atoms with Crippen LogP contribution < -0.4 is 10.6 Å². The molecular formula is C14H22N2O3. The molecule has 0 radical (unpaired) electrons. The van der Waals surface area contributed by atoms with Gasteiger partial charge < -0.3 is 20.1 Å². The normalized spacial score (nSPS) is 10.6. The first kappa shape index (κ1) is 15.3. The number of nitrogen functional groups attached to an aromatic ring is 1. The number of anilines is 2. The average molecular weight is 266 g/mol. The lowest BCUT2D eigenvalue weighted by atomic mass is 10.1. The van der Waals surface area contributed by atoms with Crippen LogP contribution in [0.25, 0.3) is 0 Å². The Morgan fingerprint density at radius 3 is 2.58 bits per heavy atom. The maximum Gasteiger partial charge on any atom is 0.340 e. The molecule has 0 aliphatic heterocycles. The number of rotatable bonds is 6. The number of hydrogen-bond acceptors (Lipinski definition) is 5. The number of carbonyl (C=O) groups excluding carboxylic acids is 1. The molecule has 0 saturated carbocycles. The fraction of sp³-hybridized carbons (Fsp3) is 0.500. The summed E-state index contributed by atoms with van der Waals surface area (Å²) in [5.74, 6) is -0.421. The van der Waals surface area contributed by atoms with Crippen molar-refractivity contribution < 1.29 is 14.3 Å². The van der Waals surface area contributed by atoms with Crippen molar-refractivity contribution in [3.05, 3.63) is 23.8 Å². The van der Waals surface area contributed by atoms with Crippen LogP contribution in [0.15, 0.2) is 18.2 Å². The van der Waals surface area contributed by atoms with E-state index in [0.717, 1.165) is 12.2 Å². The van der Waals surface area contributed by atoms with Gasteiger partial charge in [-0.05, 0) is 32.0 Å². The average Bonchev–Trinajstić information content (AvgIpc) is 2.39. The molecule has 0 heterocycles. The van der Waals surface area contributed by atoms with Gasteiger partial charge in [0.2, 0.25) is 0 Å². The number of ether oxygens (including phenoxy) is 2. The number of nitrogens with two attached hydrogens (primary N) is 1. The van der Waals surface area contributed by atoms with Gasteiger partial charge in [0.15, 0.2) is 0 Å². The second kappa shape index (κ2) is 6.99. The zero-order valence-corrected chi connectivity index (χ0v) is 12.0. The Morgan fingerprint density at radius 1 is 1.37 bits per heavy atom. The molecule has 0 aromatic heterocycles. The molecule has 5 nitrogen and oxygen atoms in total. The highest BCUT2D eigenvalue weighted by Gasteiger charge is 2.15. The SMILES string of the molecule is COCCN(c1ccc(N)c(C(=O)OC)c1)C(C)C. The highest BCUT2D eigenvalue weighted by atomic mass is 16.5. The van der Waals surface area contributed by atoms with Crippen LogP contribution in [0.3, 0.4) is 0 Å². The van der Waals surface area contributed by atoms with E-state index in [9.17, 15) is 4.79 Å². The summed E-state index contributed by atoms with van der Waals surface area (Å²) in [5.41, 5.74) is 7.54. The summed E-state index contributed by atoms with van der Waals surface area (Å²) in [4.78, 5) is 13.8. The molecule has 0 bridgehead atoms. The number of hydrogen-bond donors (Lipinski definition) is 1. The first-order chi connectivity index (χ1) is 9.01. The van der Waals surface area contributed by atoms with Crippen molar-refractivity contribution in [3.63, 3.8) is 0 Å². The first-order valence-electron chi connectivity index (χ1n) is 6.24. The predicted octanol–water partition coefficient (Wildman–Crippen LogP) is 1.92. The van der Waals surface area contributed by atoms with Crippen LogP contribution in [0.4, 0.5) is 11.4 Å². The van der Waals surface area contributed by atoms with E-state index >= 15 is 0 Å². The minimum absolute atomic E-state index is 0.296. The molecule has 1 aromatic carbocycles. The van der Waals surface area contributed by atoms with Crippen molar-refractivity contribution in [3.8, 4) is 0 Å². The largest absolute Gasteiger partial charge is 0.465 e. The van der Waals surface area contributed by atoms with E-state index in [-0.39, 0.29) is 0 Å². The van der Waals surface area contributed by atoms with Gasteiger partial charge in [-0.2, -0.15) is 0 Å². The Hall–Kier alpha value is -1.75. The lowest BCUT2D eigenvalue weighted by molar-refractivity contribution is 0.0602. The quantitative estimate of drug-likeness (QED) is 0.629. The predicted molar refractivity (Wildman–Crippen MR) is 76.6 cm³/mol. The molecule has 0 aliphatic carbocycles. The fourth-order valence-corrected chi connectivity index (χ4v) is 1.88. The molecule has 0 atom stereocenters. The van der Waals surface area contributed by atoms with E-state index in [2.05, 4.69) is 18.7 Å². The molecule has 0 fully saturated rings. The smallest absolute Gasteiger partial charge is 0.340 e. The zero-order valence-electron chi connectivity index (χ0n) is 12.0. The summed E-state index contributed by atoms with van der Waals surface area (Å²) in [7, 11) is 3.01. The third kappa shape index (κ3) is 3.86. The number of esters is 1. The van der Waals surface area contributed by atoms with E-state index in [0.29, 0.717) is 23.9 Å². The molecule has 106 valence electrons. The zero-order chi connectivity index (χ0) is 14.4. The van der Waals surface area contributed by atoms with E-state index in [1.807, 2.05) is 6.07 Å². The van der Waals surface area contributed by atoms with Gasteiger partial charge in [-0.3, -0.25) is 0 Å². The number of methoxy groups -OCH3 is 2. The van der Waals surface area contributed by atoms with Gasteiger partial charge in [-0.1, -0.05) is 0 Å². The molecule has 2 N–H and O–H groups in total. The van der Waals surface area contributed by atoms with E-state index in [1.54, 1.807) is 19.2 Å². The second-order valence-corrected chi connectivity index (χ2v) is 4.54. The summed E-state index contributed by atoms with van der Waals surface area (Å²) >= 11 is 0. The van der Waals surface area contributed by atoms with Crippen molar-refractivity contribution in [2.75, 3.05) is 38.0 Å². The van der Waals surface area contributed by atoms with Crippen LogP contribution in [-0.4, -0.2) is 39.4 Å². The molecule has 0 spiro atoms. The molecule has 1 aromatic rings. The third-order valence-corrected chi connectivity index (χ3v) is 2.93. The molecule has 1 rings (SSSR count). The summed E-state index contributed by atoms with van der Waals surface area (Å²) in [6, 6.07) is 5.68. The topological polar surface area (TPSA) is 64.8 Å². The van der Waals surface area contributed by atoms with Gasteiger partial charge in [-0.15, -0.1) is 0 Å². The van der Waals surface area contributed by atoms with Crippen molar-refractivity contribution >= 4 is 17.3 Å². The van der Waals surface area contributed by atoms with Crippen molar-refractivity contribution in [1.29, 1.82) is 0 Å². The maximum atomic E-state index is 11.6. The Labute approximate surface area is 114 Å². The molecule has 5 heteroatoms. The standard InChI is InChI=1S/C14H22N2O3/c1-10(2)16(7-8-18-3)11-5-6-13(15)12(9-11)14(17)19-4/h5-6,9-10H,7-8,15H2,1-4H3. The van der Waals surface area contributed by atoms with Crippen LogP contribution in [0, 0.1) is 0 Å². The lowest BCUT2D eigenvalue weighted by Gasteiger charge is -2.29. The highest BCUT2D eigenvalue weighted by molar-refractivity contribution is 5.96. The van der Waals surface area contributed by atoms with Crippen molar-refractivity contribution in [1.82, 2.24) is 0 Å². The van der Waals surface area contributed by atoms with Gasteiger partial charge in [0.05, 0.1) is 19.3 Å². The minimum Gasteiger partial charge on any atom is -0.465 e. The van der Waals surface area contributed by atoms with Gasteiger partial charge in [0.25, 0.3) is 0 Å². The van der Waals surface area contributed by atoms with Gasteiger partial charge >= 0.3 is 5.97 Å². The summed E-state index contributed by atoms with van der Waals surface area (Å²) in [6.07, 6.45) is 0. The summed E-state index contributed by atoms with van der Waals surface area (Å²) in [5, 5.41) is 0. The van der Waals surface area contributed by atoms with Crippen molar-refractivity contribution in [2.24, 2.45) is 0 Å². The van der Waals surface area contributed by atoms with Gasteiger partial charge in [-0.25, -0.2) is 4.79 Å². The Bertz CT molecular complexity index is 433. The van der Waals surface area contributed by atoms with Crippen LogP contribution in [0.2, 0.25) is 0 Å². The van der Waals surface area contributed by atoms with Gasteiger partial charge in [0.1, 0.15) is 0 Å². The van der Waals surface area contributed by atoms with Crippen LogP contribution in [0.5, 0.6) is 0 Å².